The molecule has 0 fully saturated rings. The largest absolute Gasteiger partial charge is 0.333 e. The highest BCUT2D eigenvalue weighted by Gasteiger charge is 2.14. The maximum Gasteiger partial charge on any atom is 0.261 e. The van der Waals surface area contributed by atoms with Crippen LogP contribution < -0.4 is 0 Å². The number of nitrogens with zero attached hydrogens (tertiary/aromatic N) is 4. The Morgan fingerprint density at radius 3 is 2.50 bits per heavy atom. The second-order valence-corrected chi connectivity index (χ2v) is 4.65. The smallest absolute Gasteiger partial charge is 0.261 e. The summed E-state index contributed by atoms with van der Waals surface area (Å²) in [5, 5.41) is 4.05. The molecule has 2 aromatic heterocycles. The number of aryl methyl sites for hydroxylation is 3. The van der Waals surface area contributed by atoms with E-state index in [-0.39, 0.29) is 0 Å². The Balaban J connectivity index is 2.04. The highest BCUT2D eigenvalue weighted by atomic mass is 16.5. The van der Waals surface area contributed by atoms with E-state index in [0.717, 1.165) is 28.2 Å². The quantitative estimate of drug-likeness (QED) is 0.713. The second-order valence-electron chi connectivity index (χ2n) is 4.65. The monoisotopic (exact) mass is 266 g/mol. The molecule has 5 heteroatoms. The van der Waals surface area contributed by atoms with E-state index in [1.165, 1.54) is 0 Å². The molecule has 0 atom stereocenters. The van der Waals surface area contributed by atoms with Crippen LogP contribution in [0.1, 0.15) is 17.1 Å². The molecule has 0 N–H and O–H groups in total. The first kappa shape index (κ1) is 12.5. The van der Waals surface area contributed by atoms with Gasteiger partial charge in [0.2, 0.25) is 5.82 Å². The fraction of sp³-hybridized carbons (Fsp3) is 0.200. The number of benzene rings is 1. The third kappa shape index (κ3) is 2.18. The van der Waals surface area contributed by atoms with Gasteiger partial charge in [-0.25, -0.2) is 9.97 Å². The van der Waals surface area contributed by atoms with Gasteiger partial charge in [0.05, 0.1) is 11.3 Å². The molecule has 3 rings (SSSR count). The van der Waals surface area contributed by atoms with Gasteiger partial charge in [-0.15, -0.1) is 0 Å². The lowest BCUT2D eigenvalue weighted by Crippen LogP contribution is -1.94. The minimum absolute atomic E-state index is 0.445. The number of hydrogen-bond donors (Lipinski definition) is 0. The van der Waals surface area contributed by atoms with Crippen LogP contribution in [-0.4, -0.2) is 20.1 Å². The van der Waals surface area contributed by atoms with Crippen LogP contribution in [0.3, 0.4) is 0 Å². The first-order valence-electron chi connectivity index (χ1n) is 6.35. The van der Waals surface area contributed by atoms with Crippen LogP contribution >= 0.6 is 0 Å². The summed E-state index contributed by atoms with van der Waals surface area (Å²) in [6.45, 7) is 5.77. The average Bonchev–Trinajstić information content (AvgIpc) is 2.88. The third-order valence-electron chi connectivity index (χ3n) is 3.14. The van der Waals surface area contributed by atoms with Crippen LogP contribution in [0.2, 0.25) is 0 Å². The molecule has 0 saturated carbocycles. The number of aromatic nitrogens is 4. The van der Waals surface area contributed by atoms with E-state index in [9.17, 15) is 0 Å². The van der Waals surface area contributed by atoms with Gasteiger partial charge in [-0.05, 0) is 26.3 Å². The molecule has 1 aromatic carbocycles. The molecule has 0 bridgehead atoms. The minimum Gasteiger partial charge on any atom is -0.333 e. The van der Waals surface area contributed by atoms with Crippen LogP contribution in [0, 0.1) is 20.8 Å². The summed E-state index contributed by atoms with van der Waals surface area (Å²) in [6, 6.07) is 7.93. The zero-order valence-corrected chi connectivity index (χ0v) is 11.6. The van der Waals surface area contributed by atoms with Gasteiger partial charge < -0.3 is 4.52 Å². The molecule has 3 aromatic rings. The van der Waals surface area contributed by atoms with Crippen molar-refractivity contribution in [3.63, 3.8) is 0 Å². The summed E-state index contributed by atoms with van der Waals surface area (Å²) in [4.78, 5) is 12.9. The van der Waals surface area contributed by atoms with Crippen molar-refractivity contribution in [2.24, 2.45) is 0 Å². The highest BCUT2D eigenvalue weighted by molar-refractivity contribution is 5.63. The van der Waals surface area contributed by atoms with Crippen LogP contribution in [0.4, 0.5) is 0 Å². The molecule has 2 heterocycles. The zero-order chi connectivity index (χ0) is 14.1. The Hall–Kier alpha value is -2.56. The van der Waals surface area contributed by atoms with Gasteiger partial charge in [0, 0.05) is 11.8 Å². The standard InChI is InChI=1S/C15H14N4O/c1-9-6-4-5-7-12(9)14-18-15(20-19-14)13-8-16-11(3)17-10(13)2/h4-8H,1-3H3. The maximum atomic E-state index is 5.34. The normalized spacial score (nSPS) is 10.8. The Bertz CT molecular complexity index is 764. The fourth-order valence-electron chi connectivity index (χ4n) is 2.06. The van der Waals surface area contributed by atoms with Crippen LogP contribution in [0.15, 0.2) is 35.0 Å². The van der Waals surface area contributed by atoms with Gasteiger partial charge in [-0.3, -0.25) is 0 Å². The van der Waals surface area contributed by atoms with Crippen molar-refractivity contribution in [1.82, 2.24) is 20.1 Å². The molecular weight excluding hydrogens is 252 g/mol. The lowest BCUT2D eigenvalue weighted by atomic mass is 10.1. The third-order valence-corrected chi connectivity index (χ3v) is 3.14. The summed E-state index contributed by atoms with van der Waals surface area (Å²) in [5.41, 5.74) is 3.67. The highest BCUT2D eigenvalue weighted by Crippen LogP contribution is 2.25. The first-order valence-corrected chi connectivity index (χ1v) is 6.35. The van der Waals surface area contributed by atoms with Gasteiger partial charge in [0.25, 0.3) is 5.89 Å². The van der Waals surface area contributed by atoms with Crippen LogP contribution in [0.5, 0.6) is 0 Å². The Morgan fingerprint density at radius 2 is 1.75 bits per heavy atom. The van der Waals surface area contributed by atoms with Crippen molar-refractivity contribution in [3.05, 3.63) is 47.5 Å². The summed E-state index contributed by atoms with van der Waals surface area (Å²) < 4.78 is 5.34. The van der Waals surface area contributed by atoms with Gasteiger partial charge in [0.15, 0.2) is 0 Å². The van der Waals surface area contributed by atoms with Crippen LogP contribution in [0.25, 0.3) is 22.8 Å². The zero-order valence-electron chi connectivity index (χ0n) is 11.6. The van der Waals surface area contributed by atoms with Crippen molar-refractivity contribution in [1.29, 1.82) is 0 Å². The molecule has 0 spiro atoms. The molecule has 0 radical (unpaired) electrons. The predicted octanol–water partition coefficient (Wildman–Crippen LogP) is 3.12. The predicted molar refractivity (Wildman–Crippen MR) is 75.0 cm³/mol. The van der Waals surface area contributed by atoms with E-state index in [0.29, 0.717) is 11.7 Å². The molecule has 20 heavy (non-hydrogen) atoms. The average molecular weight is 266 g/mol. The summed E-state index contributed by atoms with van der Waals surface area (Å²) >= 11 is 0. The van der Waals surface area contributed by atoms with E-state index >= 15 is 0 Å². The lowest BCUT2D eigenvalue weighted by Gasteiger charge is -2.00. The minimum atomic E-state index is 0.445. The molecule has 0 aliphatic rings. The molecule has 0 aliphatic heterocycles. The first-order chi connectivity index (χ1) is 9.65. The van der Waals surface area contributed by atoms with Gasteiger partial charge in [-0.1, -0.05) is 29.4 Å². The Kier molecular flexibility index (Phi) is 3.02. The topological polar surface area (TPSA) is 64.7 Å². The van der Waals surface area contributed by atoms with Crippen molar-refractivity contribution in [3.8, 4) is 22.8 Å². The molecule has 0 aliphatic carbocycles. The molecular formula is C15H14N4O. The van der Waals surface area contributed by atoms with E-state index in [4.69, 9.17) is 4.52 Å². The van der Waals surface area contributed by atoms with Crippen molar-refractivity contribution in [2.45, 2.75) is 20.8 Å². The van der Waals surface area contributed by atoms with Gasteiger partial charge in [-0.2, -0.15) is 4.98 Å². The second kappa shape index (κ2) is 4.85. The maximum absolute atomic E-state index is 5.34. The van der Waals surface area contributed by atoms with E-state index in [2.05, 4.69) is 20.1 Å². The number of hydrogen-bond acceptors (Lipinski definition) is 5. The van der Waals surface area contributed by atoms with E-state index in [1.807, 2.05) is 45.0 Å². The van der Waals surface area contributed by atoms with E-state index < -0.39 is 0 Å². The summed E-state index contributed by atoms with van der Waals surface area (Å²) in [5.74, 6) is 1.75. The summed E-state index contributed by atoms with van der Waals surface area (Å²) in [6.07, 6.45) is 1.72. The Labute approximate surface area is 116 Å². The Morgan fingerprint density at radius 1 is 0.950 bits per heavy atom. The van der Waals surface area contributed by atoms with Crippen molar-refractivity contribution < 1.29 is 4.52 Å². The fourth-order valence-corrected chi connectivity index (χ4v) is 2.06. The molecule has 100 valence electrons. The molecule has 5 nitrogen and oxygen atoms in total. The lowest BCUT2D eigenvalue weighted by molar-refractivity contribution is 0.431. The summed E-state index contributed by atoms with van der Waals surface area (Å²) in [7, 11) is 0. The molecule has 0 saturated heterocycles. The molecule has 0 unspecified atom stereocenters. The SMILES string of the molecule is Cc1ncc(-c2nc(-c3ccccc3C)no2)c(C)n1. The van der Waals surface area contributed by atoms with Gasteiger partial charge >= 0.3 is 0 Å². The number of rotatable bonds is 2. The van der Waals surface area contributed by atoms with Gasteiger partial charge in [0.1, 0.15) is 5.82 Å². The van der Waals surface area contributed by atoms with Crippen molar-refractivity contribution >= 4 is 0 Å². The molecule has 0 amide bonds. The van der Waals surface area contributed by atoms with E-state index in [1.54, 1.807) is 6.20 Å². The van der Waals surface area contributed by atoms with Crippen LogP contribution in [-0.2, 0) is 0 Å². The van der Waals surface area contributed by atoms with Crippen molar-refractivity contribution in [2.75, 3.05) is 0 Å².